The molecule has 46 heavy (non-hydrogen) atoms. The fraction of sp³-hybridized carbons (Fsp3) is 0. The van der Waals surface area contributed by atoms with Gasteiger partial charge in [0.1, 0.15) is 22.5 Å². The van der Waals surface area contributed by atoms with E-state index in [1.807, 2.05) is 36.4 Å². The third kappa shape index (κ3) is 3.65. The molecule has 0 atom stereocenters. The molecule has 2 heteroatoms. The molecule has 0 spiro atoms. The summed E-state index contributed by atoms with van der Waals surface area (Å²) >= 11 is 0. The number of furan rings is 2. The van der Waals surface area contributed by atoms with Gasteiger partial charge in [0.25, 0.3) is 0 Å². The third-order valence-electron chi connectivity index (χ3n) is 8.42. The van der Waals surface area contributed by atoms with Crippen molar-refractivity contribution in [2.24, 2.45) is 0 Å². The zero-order valence-electron chi connectivity index (χ0n) is 38.7. The van der Waals surface area contributed by atoms with Crippen LogP contribution in [0.5, 0.6) is 0 Å². The van der Waals surface area contributed by atoms with Crippen molar-refractivity contribution in [3.05, 3.63) is 157 Å². The molecular formula is C44H26O2. The summed E-state index contributed by atoms with van der Waals surface area (Å²) < 4.78 is 147. The third-order valence-corrected chi connectivity index (χ3v) is 8.42. The Morgan fingerprint density at radius 1 is 0.413 bits per heavy atom. The Morgan fingerprint density at radius 3 is 1.76 bits per heavy atom. The lowest BCUT2D eigenvalue weighted by molar-refractivity contribution is 0.631. The van der Waals surface area contributed by atoms with E-state index in [0.29, 0.717) is 38.7 Å². The average molecular weight is 602 g/mol. The minimum atomic E-state index is -0.766. The van der Waals surface area contributed by atoms with Crippen molar-refractivity contribution in [1.29, 1.82) is 0 Å². The second kappa shape index (κ2) is 9.69. The zero-order valence-corrected chi connectivity index (χ0v) is 23.7. The smallest absolute Gasteiger partial charge is 0.136 e. The zero-order chi connectivity index (χ0) is 43.2. The second-order valence-corrected chi connectivity index (χ2v) is 10.9. The number of benzene rings is 8. The van der Waals surface area contributed by atoms with Gasteiger partial charge in [0, 0.05) is 21.7 Å². The van der Waals surface area contributed by atoms with Gasteiger partial charge in [-0.15, -0.1) is 0 Å². The molecular weight excluding hydrogens is 560 g/mol. The SMILES string of the molecule is [2H]c1c([2H])c([2H])c2c(-c3c4c([2H])c([2H])c([2H])c([2H])c4c(-c4ccc5oc6ccc7oc(-c8ccccc8)cc7c6c5c4)c4c([2H])c([2H])c([2H])c([2H])c34)c([2H])c([2H])c([2H])c2c1[2H]. The van der Waals surface area contributed by atoms with Crippen molar-refractivity contribution in [2.75, 3.05) is 0 Å². The van der Waals surface area contributed by atoms with Crippen LogP contribution in [0.1, 0.15) is 20.6 Å². The minimum Gasteiger partial charge on any atom is -0.456 e. The molecule has 0 saturated carbocycles. The van der Waals surface area contributed by atoms with E-state index in [-0.39, 0.29) is 38.2 Å². The summed E-state index contributed by atoms with van der Waals surface area (Å²) in [5, 5.41) is 0.0210. The maximum absolute atomic E-state index is 9.41. The van der Waals surface area contributed by atoms with Crippen LogP contribution in [-0.2, 0) is 0 Å². The Kier molecular flexibility index (Phi) is 3.11. The predicted molar refractivity (Wildman–Crippen MR) is 192 cm³/mol. The lowest BCUT2D eigenvalue weighted by Crippen LogP contribution is -1.91. The molecule has 0 fully saturated rings. The monoisotopic (exact) mass is 601 g/mol. The first-order chi connectivity index (χ1) is 29.0. The molecule has 2 aromatic heterocycles. The van der Waals surface area contributed by atoms with E-state index in [0.717, 1.165) is 5.56 Å². The molecule has 0 bridgehead atoms. The van der Waals surface area contributed by atoms with Gasteiger partial charge in [-0.05, 0) is 84.9 Å². The average Bonchev–Trinajstić information content (AvgIpc) is 3.87. The summed E-state index contributed by atoms with van der Waals surface area (Å²) in [6, 6.07) is 9.57. The lowest BCUT2D eigenvalue weighted by Gasteiger charge is -2.18. The van der Waals surface area contributed by atoms with E-state index in [1.165, 1.54) is 0 Å². The highest BCUT2D eigenvalue weighted by Crippen LogP contribution is 2.46. The van der Waals surface area contributed by atoms with Gasteiger partial charge in [0.05, 0.1) is 20.6 Å². The van der Waals surface area contributed by atoms with Gasteiger partial charge < -0.3 is 8.83 Å². The summed E-state index contributed by atoms with van der Waals surface area (Å²) in [7, 11) is 0. The molecule has 10 aromatic rings. The summed E-state index contributed by atoms with van der Waals surface area (Å²) in [5.41, 5.74) is 1.81. The van der Waals surface area contributed by atoms with E-state index in [2.05, 4.69) is 0 Å². The molecule has 0 aliphatic heterocycles. The molecule has 0 saturated heterocycles. The summed E-state index contributed by atoms with van der Waals surface area (Å²) in [6.45, 7) is 0. The Balaban J connectivity index is 1.44. The van der Waals surface area contributed by atoms with Crippen LogP contribution in [0, 0.1) is 0 Å². The van der Waals surface area contributed by atoms with Gasteiger partial charge >= 0.3 is 0 Å². The van der Waals surface area contributed by atoms with Gasteiger partial charge in [-0.3, -0.25) is 0 Å². The molecule has 0 aliphatic carbocycles. The van der Waals surface area contributed by atoms with Crippen LogP contribution in [-0.4, -0.2) is 0 Å². The van der Waals surface area contributed by atoms with Crippen LogP contribution >= 0.6 is 0 Å². The van der Waals surface area contributed by atoms with Crippen LogP contribution in [0.2, 0.25) is 0 Å². The topological polar surface area (TPSA) is 26.3 Å². The molecule has 0 radical (unpaired) electrons. The van der Waals surface area contributed by atoms with Gasteiger partial charge in [0.2, 0.25) is 0 Å². The molecule has 0 unspecified atom stereocenters. The van der Waals surface area contributed by atoms with Crippen molar-refractivity contribution in [2.45, 2.75) is 0 Å². The predicted octanol–water partition coefficient (Wildman–Crippen LogP) is 12.8. The molecule has 0 aliphatic rings. The normalized spacial score (nSPS) is 16.5. The van der Waals surface area contributed by atoms with Crippen LogP contribution in [0.4, 0.5) is 0 Å². The van der Waals surface area contributed by atoms with Crippen LogP contribution < -0.4 is 0 Å². The number of hydrogen-bond donors (Lipinski definition) is 0. The first-order valence-electron chi connectivity index (χ1n) is 22.0. The Hall–Kier alpha value is -6.12. The fourth-order valence-corrected chi connectivity index (χ4v) is 6.45. The summed E-state index contributed by atoms with van der Waals surface area (Å²) in [6.07, 6.45) is 0. The largest absolute Gasteiger partial charge is 0.456 e. The first-order valence-corrected chi connectivity index (χ1v) is 14.5. The molecule has 0 amide bonds. The van der Waals surface area contributed by atoms with Crippen LogP contribution in [0.15, 0.2) is 166 Å². The van der Waals surface area contributed by atoms with Crippen LogP contribution in [0.3, 0.4) is 0 Å². The number of fused-ring (bicyclic) bond motifs is 8. The molecule has 214 valence electrons. The molecule has 8 aromatic carbocycles. The van der Waals surface area contributed by atoms with E-state index >= 15 is 0 Å². The van der Waals surface area contributed by atoms with Crippen molar-refractivity contribution in [3.63, 3.8) is 0 Å². The molecule has 2 heterocycles. The maximum Gasteiger partial charge on any atom is 0.136 e. The van der Waals surface area contributed by atoms with Gasteiger partial charge in [-0.2, -0.15) is 0 Å². The minimum absolute atomic E-state index is 0.00529. The highest BCUT2D eigenvalue weighted by atomic mass is 16.3. The second-order valence-electron chi connectivity index (χ2n) is 10.9. The van der Waals surface area contributed by atoms with E-state index < -0.39 is 107 Å². The summed E-state index contributed by atoms with van der Waals surface area (Å²) in [4.78, 5) is 0. The van der Waals surface area contributed by atoms with E-state index in [4.69, 9.17) is 22.5 Å². The number of hydrogen-bond acceptors (Lipinski definition) is 2. The lowest BCUT2D eigenvalue weighted by atomic mass is 9.84. The highest BCUT2D eigenvalue weighted by molar-refractivity contribution is 6.25. The van der Waals surface area contributed by atoms with Crippen molar-refractivity contribution in [1.82, 2.24) is 0 Å². The van der Waals surface area contributed by atoms with E-state index in [1.54, 1.807) is 30.3 Å². The Bertz CT molecular complexity index is 3560. The molecule has 0 N–H and O–H groups in total. The Morgan fingerprint density at radius 2 is 1.00 bits per heavy atom. The van der Waals surface area contributed by atoms with Gasteiger partial charge in [0.15, 0.2) is 0 Å². The number of rotatable bonds is 3. The van der Waals surface area contributed by atoms with E-state index in [9.17, 15) is 6.85 Å². The van der Waals surface area contributed by atoms with Crippen molar-refractivity contribution in [3.8, 4) is 33.6 Å². The van der Waals surface area contributed by atoms with Crippen LogP contribution in [0.25, 0.3) is 98.8 Å². The first kappa shape index (κ1) is 14.8. The van der Waals surface area contributed by atoms with Crippen molar-refractivity contribution < 1.29 is 29.4 Å². The highest BCUT2D eigenvalue weighted by Gasteiger charge is 2.20. The quantitative estimate of drug-likeness (QED) is 0.188. The molecule has 2 nitrogen and oxygen atoms in total. The molecule has 10 rings (SSSR count). The summed E-state index contributed by atoms with van der Waals surface area (Å²) in [5.74, 6) is 0.605. The van der Waals surface area contributed by atoms with Gasteiger partial charge in [-0.1, -0.05) is 127 Å². The maximum atomic E-state index is 9.41. The standard InChI is InChI=1S/C44H26O2/c1-2-12-28(13-3-1)41-26-37-39(46-41)23-24-40-44(37)36-25-29(21-22-38(36)45-40)42-32-16-6-8-18-34(32)43(35-19-9-7-17-33(35)42)31-20-10-14-27-11-4-5-15-30(27)31/h1-26H/i4D,5D,6D,7D,8D,9D,10D,11D,14D,15D,16D,17D,18D,19D,20D. The fourth-order valence-electron chi connectivity index (χ4n) is 6.45. The Labute approximate surface area is 285 Å². The van der Waals surface area contributed by atoms with Gasteiger partial charge in [-0.25, -0.2) is 0 Å². The van der Waals surface area contributed by atoms with Crippen molar-refractivity contribution >= 4 is 65.2 Å².